The van der Waals surface area contributed by atoms with Gasteiger partial charge in [-0.2, -0.15) is 0 Å². The molecule has 14 heavy (non-hydrogen) atoms. The Hall–Kier alpha value is -0.340. The van der Waals surface area contributed by atoms with Gasteiger partial charge in [0.1, 0.15) is 11.6 Å². The van der Waals surface area contributed by atoms with Crippen molar-refractivity contribution >= 4 is 23.2 Å². The number of hydrogen-bond donors (Lipinski definition) is 0. The van der Waals surface area contributed by atoms with Crippen LogP contribution in [0, 0.1) is 17.6 Å². The SMILES string of the molecule is Fc1cccc(F)c1CC(CCl)CCl. The summed E-state index contributed by atoms with van der Waals surface area (Å²) in [5, 5.41) is 0. The van der Waals surface area contributed by atoms with Crippen molar-refractivity contribution in [3.05, 3.63) is 35.4 Å². The fraction of sp³-hybridized carbons (Fsp3) is 0.400. The van der Waals surface area contributed by atoms with Crippen LogP contribution in [0.4, 0.5) is 8.78 Å². The van der Waals surface area contributed by atoms with Gasteiger partial charge < -0.3 is 0 Å². The van der Waals surface area contributed by atoms with Crippen molar-refractivity contribution < 1.29 is 8.78 Å². The predicted octanol–water partition coefficient (Wildman–Crippen LogP) is 3.60. The highest BCUT2D eigenvalue weighted by Gasteiger charge is 2.14. The molecule has 0 N–H and O–H groups in total. The molecule has 0 radical (unpaired) electrons. The average Bonchev–Trinajstić information content (AvgIpc) is 2.18. The Kier molecular flexibility index (Phi) is 4.63. The van der Waals surface area contributed by atoms with Gasteiger partial charge in [-0.25, -0.2) is 8.78 Å². The quantitative estimate of drug-likeness (QED) is 0.704. The van der Waals surface area contributed by atoms with Crippen molar-refractivity contribution in [2.45, 2.75) is 6.42 Å². The molecule has 1 aromatic rings. The lowest BCUT2D eigenvalue weighted by atomic mass is 10.0. The number of benzene rings is 1. The maximum Gasteiger partial charge on any atom is 0.129 e. The predicted molar refractivity (Wildman–Crippen MR) is 55.0 cm³/mol. The molecule has 0 saturated carbocycles. The summed E-state index contributed by atoms with van der Waals surface area (Å²) in [5.74, 6) is -0.561. The van der Waals surface area contributed by atoms with E-state index in [1.807, 2.05) is 0 Å². The summed E-state index contributed by atoms with van der Waals surface area (Å²) >= 11 is 11.2. The van der Waals surface area contributed by atoms with E-state index in [2.05, 4.69) is 0 Å². The first-order chi connectivity index (χ1) is 6.69. The molecule has 0 aliphatic carbocycles. The Balaban J connectivity index is 2.84. The molecule has 4 heteroatoms. The van der Waals surface area contributed by atoms with Crippen LogP contribution < -0.4 is 0 Å². The summed E-state index contributed by atoms with van der Waals surface area (Å²) in [6.07, 6.45) is 0.242. The third kappa shape index (κ3) is 2.82. The molecule has 0 spiro atoms. The van der Waals surface area contributed by atoms with Gasteiger partial charge in [0.25, 0.3) is 0 Å². The maximum absolute atomic E-state index is 13.2. The molecule has 0 fully saturated rings. The summed E-state index contributed by atoms with van der Waals surface area (Å²) in [7, 11) is 0. The number of halogens is 4. The van der Waals surface area contributed by atoms with Gasteiger partial charge in [-0.1, -0.05) is 6.07 Å². The minimum atomic E-state index is -0.537. The van der Waals surface area contributed by atoms with Crippen LogP contribution in [0.15, 0.2) is 18.2 Å². The number of alkyl halides is 2. The van der Waals surface area contributed by atoms with Gasteiger partial charge in [-0.15, -0.1) is 23.2 Å². The molecular weight excluding hydrogens is 229 g/mol. The fourth-order valence-electron chi connectivity index (χ4n) is 1.17. The number of hydrogen-bond acceptors (Lipinski definition) is 0. The average molecular weight is 239 g/mol. The highest BCUT2D eigenvalue weighted by atomic mass is 35.5. The van der Waals surface area contributed by atoms with E-state index in [1.54, 1.807) is 0 Å². The van der Waals surface area contributed by atoms with E-state index in [0.717, 1.165) is 0 Å². The molecule has 0 saturated heterocycles. The third-order valence-electron chi connectivity index (χ3n) is 1.99. The molecule has 0 heterocycles. The third-order valence-corrected chi connectivity index (χ3v) is 2.86. The molecule has 0 atom stereocenters. The van der Waals surface area contributed by atoms with Crippen molar-refractivity contribution in [3.8, 4) is 0 Å². The maximum atomic E-state index is 13.2. The second kappa shape index (κ2) is 5.52. The van der Waals surface area contributed by atoms with Gasteiger partial charge in [0.15, 0.2) is 0 Å². The normalized spacial score (nSPS) is 10.9. The van der Waals surface area contributed by atoms with E-state index < -0.39 is 11.6 Å². The Labute approximate surface area is 91.8 Å². The summed E-state index contributed by atoms with van der Waals surface area (Å²) < 4.78 is 26.3. The molecular formula is C10H10Cl2F2. The van der Waals surface area contributed by atoms with E-state index in [4.69, 9.17) is 23.2 Å². The van der Waals surface area contributed by atoms with Crippen LogP contribution >= 0.6 is 23.2 Å². The van der Waals surface area contributed by atoms with Gasteiger partial charge in [0.05, 0.1) is 0 Å². The topological polar surface area (TPSA) is 0 Å². The van der Waals surface area contributed by atoms with E-state index in [9.17, 15) is 8.78 Å². The minimum Gasteiger partial charge on any atom is -0.207 e. The Bertz CT molecular complexity index is 278. The smallest absolute Gasteiger partial charge is 0.129 e. The van der Waals surface area contributed by atoms with Crippen molar-refractivity contribution in [2.24, 2.45) is 5.92 Å². The highest BCUT2D eigenvalue weighted by molar-refractivity contribution is 6.20. The monoisotopic (exact) mass is 238 g/mol. The molecule has 0 aromatic heterocycles. The van der Waals surface area contributed by atoms with E-state index >= 15 is 0 Å². The van der Waals surface area contributed by atoms with Crippen molar-refractivity contribution in [2.75, 3.05) is 11.8 Å². The first-order valence-corrected chi connectivity index (χ1v) is 5.30. The zero-order valence-corrected chi connectivity index (χ0v) is 8.95. The Morgan fingerprint density at radius 2 is 1.57 bits per heavy atom. The van der Waals surface area contributed by atoms with E-state index in [0.29, 0.717) is 11.8 Å². The minimum absolute atomic E-state index is 0.0683. The molecule has 1 aromatic carbocycles. The van der Waals surface area contributed by atoms with Crippen LogP contribution in [0.5, 0.6) is 0 Å². The first-order valence-electron chi connectivity index (χ1n) is 4.23. The zero-order chi connectivity index (χ0) is 10.6. The van der Waals surface area contributed by atoms with Crippen molar-refractivity contribution in [3.63, 3.8) is 0 Å². The van der Waals surface area contributed by atoms with Gasteiger partial charge in [-0.3, -0.25) is 0 Å². The molecule has 78 valence electrons. The summed E-state index contributed by atoms with van der Waals surface area (Å²) in [6, 6.07) is 3.81. The summed E-state index contributed by atoms with van der Waals surface area (Å²) in [5.41, 5.74) is 0.0683. The summed E-state index contributed by atoms with van der Waals surface area (Å²) in [6.45, 7) is 0. The fourth-order valence-corrected chi connectivity index (χ4v) is 1.71. The molecule has 0 aliphatic rings. The van der Waals surface area contributed by atoms with Crippen LogP contribution in [-0.4, -0.2) is 11.8 Å². The number of rotatable bonds is 4. The Morgan fingerprint density at radius 3 is 2.00 bits per heavy atom. The van der Waals surface area contributed by atoms with Crippen LogP contribution in [0.3, 0.4) is 0 Å². The second-order valence-electron chi connectivity index (χ2n) is 3.08. The van der Waals surface area contributed by atoms with Crippen molar-refractivity contribution in [1.82, 2.24) is 0 Å². The standard InChI is InChI=1S/C10H10Cl2F2/c11-5-7(6-12)4-8-9(13)2-1-3-10(8)14/h1-3,7H,4-6H2. The molecule has 0 aliphatic heterocycles. The summed E-state index contributed by atoms with van der Waals surface area (Å²) in [4.78, 5) is 0. The molecule has 1 rings (SSSR count). The highest BCUT2D eigenvalue weighted by Crippen LogP contribution is 2.18. The lowest BCUT2D eigenvalue weighted by Crippen LogP contribution is -2.10. The van der Waals surface area contributed by atoms with Crippen LogP contribution in [0.25, 0.3) is 0 Å². The van der Waals surface area contributed by atoms with Crippen LogP contribution in [-0.2, 0) is 6.42 Å². The molecule has 0 unspecified atom stereocenters. The molecule has 0 bridgehead atoms. The first kappa shape index (κ1) is 11.7. The van der Waals surface area contributed by atoms with Gasteiger partial charge >= 0.3 is 0 Å². The molecule has 0 amide bonds. The van der Waals surface area contributed by atoms with Gasteiger partial charge in [0, 0.05) is 17.3 Å². The lowest BCUT2D eigenvalue weighted by molar-refractivity contribution is 0.528. The lowest BCUT2D eigenvalue weighted by Gasteiger charge is -2.11. The van der Waals surface area contributed by atoms with Crippen molar-refractivity contribution in [1.29, 1.82) is 0 Å². The van der Waals surface area contributed by atoms with Gasteiger partial charge in [0.2, 0.25) is 0 Å². The molecule has 0 nitrogen and oxygen atoms in total. The zero-order valence-electron chi connectivity index (χ0n) is 7.44. The Morgan fingerprint density at radius 1 is 1.07 bits per heavy atom. The van der Waals surface area contributed by atoms with E-state index in [-0.39, 0.29) is 17.9 Å². The van der Waals surface area contributed by atoms with Crippen LogP contribution in [0.1, 0.15) is 5.56 Å². The largest absolute Gasteiger partial charge is 0.207 e. The van der Waals surface area contributed by atoms with E-state index in [1.165, 1.54) is 18.2 Å². The second-order valence-corrected chi connectivity index (χ2v) is 3.70. The van der Waals surface area contributed by atoms with Crippen LogP contribution in [0.2, 0.25) is 0 Å². The van der Waals surface area contributed by atoms with Gasteiger partial charge in [-0.05, 0) is 24.5 Å².